The number of aliphatic carboxylic acids is 3. The van der Waals surface area contributed by atoms with Crippen molar-refractivity contribution in [3.8, 4) is 0 Å². The van der Waals surface area contributed by atoms with Crippen LogP contribution in [-0.2, 0) is 19.2 Å². The van der Waals surface area contributed by atoms with Crippen molar-refractivity contribution in [2.24, 2.45) is 0 Å². The molecule has 0 aliphatic heterocycles. The van der Waals surface area contributed by atoms with Gasteiger partial charge in [-0.15, -0.1) is 23.5 Å². The van der Waals surface area contributed by atoms with Crippen LogP contribution in [-0.4, -0.2) is 67.2 Å². The van der Waals surface area contributed by atoms with Crippen molar-refractivity contribution in [2.45, 2.75) is 24.6 Å². The van der Waals surface area contributed by atoms with Crippen LogP contribution in [0.5, 0.6) is 0 Å². The second-order valence-electron chi connectivity index (χ2n) is 4.47. The second-order valence-corrected chi connectivity index (χ2v) is 7.09. The van der Waals surface area contributed by atoms with Gasteiger partial charge in [-0.2, -0.15) is 0 Å². The molecule has 1 amide bonds. The van der Waals surface area contributed by atoms with E-state index in [-0.39, 0.29) is 17.3 Å². The van der Waals surface area contributed by atoms with Gasteiger partial charge < -0.3 is 20.6 Å². The molecule has 10 heteroatoms. The van der Waals surface area contributed by atoms with E-state index in [4.69, 9.17) is 15.3 Å². The van der Waals surface area contributed by atoms with Crippen molar-refractivity contribution in [2.75, 3.05) is 17.3 Å². The molecular weight excluding hydrogens is 322 g/mol. The van der Waals surface area contributed by atoms with Crippen molar-refractivity contribution in [3.63, 3.8) is 0 Å². The van der Waals surface area contributed by atoms with E-state index in [1.54, 1.807) is 0 Å². The monoisotopic (exact) mass is 339 g/mol. The molecule has 0 rings (SSSR count). The summed E-state index contributed by atoms with van der Waals surface area (Å²) in [6.07, 6.45) is 0. The molecule has 0 heterocycles. The van der Waals surface area contributed by atoms with Crippen molar-refractivity contribution in [1.82, 2.24) is 5.32 Å². The third-order valence-corrected chi connectivity index (χ3v) is 4.54. The van der Waals surface area contributed by atoms with Gasteiger partial charge in [0.15, 0.2) is 0 Å². The molecule has 0 fully saturated rings. The molecular formula is C11H17NO7S2. The SMILES string of the molecule is CC(C)(SCC(=O)O)C(=O)N[C@@H](CSCC(=O)O)C(=O)O. The van der Waals surface area contributed by atoms with Gasteiger partial charge in [-0.25, -0.2) is 4.79 Å². The maximum absolute atomic E-state index is 12.0. The first-order valence-corrected chi connectivity index (χ1v) is 7.89. The summed E-state index contributed by atoms with van der Waals surface area (Å²) in [4.78, 5) is 43.9. The summed E-state index contributed by atoms with van der Waals surface area (Å²) in [5.74, 6) is -4.69. The van der Waals surface area contributed by atoms with Gasteiger partial charge in [-0.3, -0.25) is 14.4 Å². The fraction of sp³-hybridized carbons (Fsp3) is 0.636. The van der Waals surface area contributed by atoms with Gasteiger partial charge in [-0.05, 0) is 13.8 Å². The number of thioether (sulfide) groups is 2. The third-order valence-electron chi connectivity index (χ3n) is 2.22. The molecule has 0 saturated heterocycles. The van der Waals surface area contributed by atoms with Crippen molar-refractivity contribution in [1.29, 1.82) is 0 Å². The fourth-order valence-corrected chi connectivity index (χ4v) is 2.51. The first-order valence-electron chi connectivity index (χ1n) is 5.75. The Hall–Kier alpha value is -1.42. The molecule has 0 bridgehead atoms. The van der Waals surface area contributed by atoms with Gasteiger partial charge in [0, 0.05) is 5.75 Å². The Morgan fingerprint density at radius 3 is 2.00 bits per heavy atom. The number of hydrogen-bond acceptors (Lipinski definition) is 6. The average molecular weight is 339 g/mol. The minimum atomic E-state index is -1.28. The highest BCUT2D eigenvalue weighted by Gasteiger charge is 2.32. The molecule has 0 aromatic carbocycles. The summed E-state index contributed by atoms with van der Waals surface area (Å²) in [5.41, 5.74) is 0. The number of rotatable bonds is 10. The van der Waals surface area contributed by atoms with Crippen LogP contribution in [0.25, 0.3) is 0 Å². The summed E-state index contributed by atoms with van der Waals surface area (Å²) in [7, 11) is 0. The van der Waals surface area contributed by atoms with E-state index in [0.717, 1.165) is 23.5 Å². The Morgan fingerprint density at radius 1 is 1.05 bits per heavy atom. The van der Waals surface area contributed by atoms with Crippen LogP contribution >= 0.6 is 23.5 Å². The Bertz CT molecular complexity index is 425. The number of carboxylic acid groups (broad SMARTS) is 3. The van der Waals surface area contributed by atoms with E-state index in [2.05, 4.69) is 5.32 Å². The lowest BCUT2D eigenvalue weighted by molar-refractivity contribution is -0.141. The topological polar surface area (TPSA) is 141 Å². The van der Waals surface area contributed by atoms with Crippen LogP contribution in [0.3, 0.4) is 0 Å². The predicted molar refractivity (Wildman–Crippen MR) is 78.7 cm³/mol. The van der Waals surface area contributed by atoms with E-state index in [0.29, 0.717) is 0 Å². The van der Waals surface area contributed by atoms with Gasteiger partial charge in [0.1, 0.15) is 6.04 Å². The molecule has 0 radical (unpaired) electrons. The third kappa shape index (κ3) is 8.45. The minimum absolute atomic E-state index is 0.0902. The summed E-state index contributed by atoms with van der Waals surface area (Å²) < 4.78 is -1.11. The smallest absolute Gasteiger partial charge is 0.327 e. The van der Waals surface area contributed by atoms with Crippen LogP contribution in [0.2, 0.25) is 0 Å². The number of nitrogens with one attached hydrogen (secondary N) is 1. The first-order chi connectivity index (χ1) is 9.56. The summed E-state index contributed by atoms with van der Waals surface area (Å²) in [6.45, 7) is 2.97. The number of amides is 1. The molecule has 0 aliphatic rings. The lowest BCUT2D eigenvalue weighted by Gasteiger charge is -2.24. The number of carbonyl (C=O) groups excluding carboxylic acids is 1. The van der Waals surface area contributed by atoms with Crippen molar-refractivity contribution >= 4 is 47.3 Å². The lowest BCUT2D eigenvalue weighted by Crippen LogP contribution is -2.49. The predicted octanol–water partition coefficient (Wildman–Crippen LogP) is -0.0300. The van der Waals surface area contributed by atoms with Crippen LogP contribution < -0.4 is 5.32 Å². The molecule has 8 nitrogen and oxygen atoms in total. The molecule has 0 saturated carbocycles. The number of carbonyl (C=O) groups is 4. The van der Waals surface area contributed by atoms with Crippen LogP contribution in [0.4, 0.5) is 0 Å². The molecule has 0 unspecified atom stereocenters. The Labute approximate surface area is 129 Å². The molecule has 21 heavy (non-hydrogen) atoms. The fourth-order valence-electron chi connectivity index (χ4n) is 1.08. The largest absolute Gasteiger partial charge is 0.481 e. The second kappa shape index (κ2) is 8.78. The van der Waals surface area contributed by atoms with Gasteiger partial charge in [0.05, 0.1) is 16.3 Å². The van der Waals surface area contributed by atoms with Crippen LogP contribution in [0.1, 0.15) is 13.8 Å². The minimum Gasteiger partial charge on any atom is -0.481 e. The van der Waals surface area contributed by atoms with Gasteiger partial charge >= 0.3 is 17.9 Å². The van der Waals surface area contributed by atoms with E-state index in [9.17, 15) is 19.2 Å². The zero-order valence-corrected chi connectivity index (χ0v) is 13.1. The Balaban J connectivity index is 4.54. The van der Waals surface area contributed by atoms with Gasteiger partial charge in [0.2, 0.25) is 5.91 Å². The van der Waals surface area contributed by atoms with Gasteiger partial charge in [0.25, 0.3) is 0 Å². The normalized spacial score (nSPS) is 12.5. The molecule has 1 atom stereocenters. The zero-order chi connectivity index (χ0) is 16.6. The van der Waals surface area contributed by atoms with E-state index >= 15 is 0 Å². The molecule has 4 N–H and O–H groups in total. The van der Waals surface area contributed by atoms with E-state index in [1.807, 2.05) is 0 Å². The standard InChI is InChI=1S/C11H17NO7S2/c1-11(2,21-5-8(15)16)10(19)12-6(9(17)18)3-20-4-7(13)14/h6H,3-5H2,1-2H3,(H,12,19)(H,13,14)(H,15,16)(H,17,18)/t6-/m0/s1. The Kier molecular flexibility index (Phi) is 8.18. The molecule has 0 aliphatic carbocycles. The maximum Gasteiger partial charge on any atom is 0.327 e. The highest BCUT2D eigenvalue weighted by molar-refractivity contribution is 8.02. The molecule has 120 valence electrons. The number of carboxylic acids is 3. The first kappa shape index (κ1) is 19.6. The maximum atomic E-state index is 12.0. The highest BCUT2D eigenvalue weighted by atomic mass is 32.2. The zero-order valence-electron chi connectivity index (χ0n) is 11.5. The lowest BCUT2D eigenvalue weighted by atomic mass is 10.2. The summed E-state index contributed by atoms with van der Waals surface area (Å²) >= 11 is 1.74. The average Bonchev–Trinajstić information content (AvgIpc) is 2.34. The van der Waals surface area contributed by atoms with Crippen LogP contribution in [0.15, 0.2) is 0 Å². The quantitative estimate of drug-likeness (QED) is 0.431. The highest BCUT2D eigenvalue weighted by Crippen LogP contribution is 2.24. The summed E-state index contributed by atoms with van der Waals surface area (Å²) in [5, 5.41) is 28.4. The number of hydrogen-bond donors (Lipinski definition) is 4. The molecule has 0 aromatic rings. The molecule has 0 aromatic heterocycles. The summed E-state index contributed by atoms with van der Waals surface area (Å²) in [6, 6.07) is -1.23. The van der Waals surface area contributed by atoms with Crippen LogP contribution in [0, 0.1) is 0 Å². The molecule has 0 spiro atoms. The Morgan fingerprint density at radius 2 is 1.57 bits per heavy atom. The van der Waals surface area contributed by atoms with Gasteiger partial charge in [-0.1, -0.05) is 0 Å². The van der Waals surface area contributed by atoms with Crippen molar-refractivity contribution < 1.29 is 34.5 Å². The van der Waals surface area contributed by atoms with E-state index in [1.165, 1.54) is 13.8 Å². The van der Waals surface area contributed by atoms with E-state index < -0.39 is 34.6 Å². The van der Waals surface area contributed by atoms with Crippen molar-refractivity contribution in [3.05, 3.63) is 0 Å².